The molecule has 1 aromatic carbocycles. The van der Waals surface area contributed by atoms with Crippen molar-refractivity contribution in [2.45, 2.75) is 19.2 Å². The van der Waals surface area contributed by atoms with E-state index in [2.05, 4.69) is 10.3 Å². The number of ether oxygens (including phenoxy) is 1. The number of halogens is 4. The van der Waals surface area contributed by atoms with Gasteiger partial charge >= 0.3 is 6.18 Å². The minimum atomic E-state index is -4.41. The van der Waals surface area contributed by atoms with Crippen LogP contribution in [0.5, 0.6) is 0 Å². The zero-order valence-corrected chi connectivity index (χ0v) is 18.8. The van der Waals surface area contributed by atoms with Crippen molar-refractivity contribution >= 4 is 39.8 Å². The molecule has 2 rings (SSSR count). The topological polar surface area (TPSA) is 71.0 Å². The molecule has 0 bridgehead atoms. The number of guanidine groups is 1. The molecule has 1 fully saturated rings. The van der Waals surface area contributed by atoms with E-state index >= 15 is 0 Å². The molecule has 1 saturated heterocycles. The Bertz CT molecular complexity index is 772. The number of hydrogen-bond donors (Lipinski definition) is 1. The van der Waals surface area contributed by atoms with E-state index in [1.165, 1.54) is 6.07 Å². The summed E-state index contributed by atoms with van der Waals surface area (Å²) in [6.45, 7) is 3.76. The van der Waals surface area contributed by atoms with Crippen LogP contribution in [-0.2, 0) is 20.8 Å². The van der Waals surface area contributed by atoms with Crippen LogP contribution in [-0.4, -0.2) is 64.1 Å². The first-order valence-corrected chi connectivity index (χ1v) is 10.7. The van der Waals surface area contributed by atoms with Crippen LogP contribution in [0.15, 0.2) is 29.3 Å². The number of sulfone groups is 1. The second-order valence-electron chi connectivity index (χ2n) is 6.29. The van der Waals surface area contributed by atoms with E-state index < -0.39 is 27.7 Å². The van der Waals surface area contributed by atoms with Crippen LogP contribution in [0.4, 0.5) is 13.2 Å². The van der Waals surface area contributed by atoms with Crippen molar-refractivity contribution in [3.05, 3.63) is 35.4 Å². The maximum absolute atomic E-state index is 12.9. The number of benzene rings is 1. The Kier molecular flexibility index (Phi) is 9.47. The highest BCUT2D eigenvalue weighted by Crippen LogP contribution is 2.32. The Balaban J connectivity index is 0.00000392. The quantitative estimate of drug-likeness (QED) is 0.357. The molecular weight excluding hydrogens is 510 g/mol. The van der Waals surface area contributed by atoms with Crippen molar-refractivity contribution in [3.63, 3.8) is 0 Å². The van der Waals surface area contributed by atoms with Crippen molar-refractivity contribution in [2.24, 2.45) is 4.99 Å². The monoisotopic (exact) mass is 535 g/mol. The fraction of sp³-hybridized carbons (Fsp3) is 0.588. The van der Waals surface area contributed by atoms with Gasteiger partial charge in [-0.2, -0.15) is 13.2 Å². The SMILES string of the molecule is CCNC(=NCCS(C)(=O)=O)N1CCOC(c2cccc(C(F)(F)F)c2)C1.I. The molecule has 28 heavy (non-hydrogen) atoms. The van der Waals surface area contributed by atoms with Gasteiger partial charge in [0.2, 0.25) is 0 Å². The van der Waals surface area contributed by atoms with Crippen LogP contribution in [0.3, 0.4) is 0 Å². The second-order valence-corrected chi connectivity index (χ2v) is 8.55. The normalized spacial score (nSPS) is 18.5. The van der Waals surface area contributed by atoms with E-state index in [1.54, 1.807) is 6.07 Å². The highest BCUT2D eigenvalue weighted by Gasteiger charge is 2.32. The van der Waals surface area contributed by atoms with Crippen molar-refractivity contribution in [2.75, 3.05) is 44.8 Å². The maximum atomic E-state index is 12.9. The molecule has 1 aromatic rings. The number of nitrogens with zero attached hydrogens (tertiary/aromatic N) is 2. The lowest BCUT2D eigenvalue weighted by Crippen LogP contribution is -2.48. The van der Waals surface area contributed by atoms with Crippen molar-refractivity contribution in [1.29, 1.82) is 0 Å². The van der Waals surface area contributed by atoms with E-state index in [1.807, 2.05) is 11.8 Å². The predicted molar refractivity (Wildman–Crippen MR) is 113 cm³/mol. The van der Waals surface area contributed by atoms with Crippen LogP contribution < -0.4 is 5.32 Å². The molecule has 0 amide bonds. The number of morpholine rings is 1. The van der Waals surface area contributed by atoms with Crippen molar-refractivity contribution in [1.82, 2.24) is 10.2 Å². The summed E-state index contributed by atoms with van der Waals surface area (Å²) in [4.78, 5) is 6.20. The molecule has 0 aromatic heterocycles. The van der Waals surface area contributed by atoms with E-state index in [9.17, 15) is 21.6 Å². The highest BCUT2D eigenvalue weighted by molar-refractivity contribution is 14.0. The Labute approximate surface area is 180 Å². The smallest absolute Gasteiger partial charge is 0.370 e. The van der Waals surface area contributed by atoms with Gasteiger partial charge in [0.25, 0.3) is 0 Å². The Morgan fingerprint density at radius 3 is 2.71 bits per heavy atom. The molecular formula is C17H25F3IN3O3S. The molecule has 1 unspecified atom stereocenters. The minimum absolute atomic E-state index is 0. The molecule has 1 aliphatic heterocycles. The van der Waals surface area contributed by atoms with Gasteiger partial charge in [0.05, 0.1) is 31.0 Å². The van der Waals surface area contributed by atoms with Gasteiger partial charge in [0.1, 0.15) is 15.9 Å². The molecule has 0 radical (unpaired) electrons. The lowest BCUT2D eigenvalue weighted by Gasteiger charge is -2.35. The fourth-order valence-electron chi connectivity index (χ4n) is 2.70. The standard InChI is InChI=1S/C17H24F3N3O3S.HI/c1-3-21-16(22-7-10-27(2,24)25)23-8-9-26-15(12-23)13-5-4-6-14(11-13)17(18,19)20;/h4-6,11,15H,3,7-10,12H2,1-2H3,(H,21,22);1H. The number of nitrogens with one attached hydrogen (secondary N) is 1. The summed E-state index contributed by atoms with van der Waals surface area (Å²) in [6, 6.07) is 5.10. The van der Waals surface area contributed by atoms with E-state index in [0.29, 0.717) is 37.8 Å². The van der Waals surface area contributed by atoms with Crippen LogP contribution >= 0.6 is 24.0 Å². The summed E-state index contributed by atoms with van der Waals surface area (Å²) in [5, 5.41) is 3.09. The third kappa shape index (κ3) is 7.74. The van der Waals surface area contributed by atoms with Gasteiger partial charge in [-0.3, -0.25) is 4.99 Å². The lowest BCUT2D eigenvalue weighted by molar-refractivity contribution is -0.137. The summed E-state index contributed by atoms with van der Waals surface area (Å²) in [6.07, 6.45) is -3.79. The van der Waals surface area contributed by atoms with Crippen LogP contribution in [0.2, 0.25) is 0 Å². The predicted octanol–water partition coefficient (Wildman–Crippen LogP) is 2.71. The molecule has 11 heteroatoms. The molecule has 1 N–H and O–H groups in total. The summed E-state index contributed by atoms with van der Waals surface area (Å²) in [5.74, 6) is 0.463. The molecule has 1 aliphatic rings. The van der Waals surface area contributed by atoms with E-state index in [0.717, 1.165) is 18.4 Å². The molecule has 160 valence electrons. The molecule has 1 heterocycles. The largest absolute Gasteiger partial charge is 0.416 e. The third-order valence-corrected chi connectivity index (χ3v) is 4.93. The Morgan fingerprint density at radius 1 is 1.39 bits per heavy atom. The lowest BCUT2D eigenvalue weighted by atomic mass is 10.0. The van der Waals surface area contributed by atoms with Crippen molar-refractivity contribution in [3.8, 4) is 0 Å². The zero-order valence-electron chi connectivity index (χ0n) is 15.7. The Morgan fingerprint density at radius 2 is 2.11 bits per heavy atom. The van der Waals surface area contributed by atoms with Gasteiger partial charge in [-0.25, -0.2) is 8.42 Å². The summed E-state index contributed by atoms with van der Waals surface area (Å²) in [5.41, 5.74) is -0.268. The number of rotatable bonds is 5. The molecule has 0 spiro atoms. The van der Waals surface area contributed by atoms with Gasteiger partial charge in [0.15, 0.2) is 5.96 Å². The first-order chi connectivity index (χ1) is 12.6. The molecule has 0 saturated carbocycles. The van der Waals surface area contributed by atoms with Gasteiger partial charge in [0, 0.05) is 19.3 Å². The van der Waals surface area contributed by atoms with Gasteiger partial charge < -0.3 is 15.0 Å². The van der Waals surface area contributed by atoms with E-state index in [4.69, 9.17) is 4.74 Å². The van der Waals surface area contributed by atoms with Gasteiger partial charge in [-0.1, -0.05) is 12.1 Å². The average molecular weight is 535 g/mol. The summed E-state index contributed by atoms with van der Waals surface area (Å²) < 4.78 is 67.1. The fourth-order valence-corrected chi connectivity index (χ4v) is 3.12. The Hall–Kier alpha value is -1.08. The third-order valence-electron chi connectivity index (χ3n) is 4.01. The van der Waals surface area contributed by atoms with Gasteiger partial charge in [-0.05, 0) is 24.6 Å². The maximum Gasteiger partial charge on any atom is 0.416 e. The van der Waals surface area contributed by atoms with Crippen LogP contribution in [0.25, 0.3) is 0 Å². The highest BCUT2D eigenvalue weighted by atomic mass is 127. The number of hydrogen-bond acceptors (Lipinski definition) is 4. The average Bonchev–Trinajstić information content (AvgIpc) is 2.59. The number of alkyl halides is 3. The summed E-state index contributed by atoms with van der Waals surface area (Å²) in [7, 11) is -3.12. The number of aliphatic imine (C=N–C) groups is 1. The molecule has 6 nitrogen and oxygen atoms in total. The van der Waals surface area contributed by atoms with Crippen LogP contribution in [0.1, 0.15) is 24.2 Å². The van der Waals surface area contributed by atoms with Crippen LogP contribution in [0, 0.1) is 0 Å². The second kappa shape index (κ2) is 10.6. The summed E-state index contributed by atoms with van der Waals surface area (Å²) >= 11 is 0. The minimum Gasteiger partial charge on any atom is -0.370 e. The molecule has 1 atom stereocenters. The van der Waals surface area contributed by atoms with E-state index in [-0.39, 0.29) is 36.3 Å². The van der Waals surface area contributed by atoms with Crippen molar-refractivity contribution < 1.29 is 26.3 Å². The molecule has 0 aliphatic carbocycles. The first kappa shape index (κ1) is 25.0. The van der Waals surface area contributed by atoms with Gasteiger partial charge in [-0.15, -0.1) is 24.0 Å². The first-order valence-electron chi connectivity index (χ1n) is 8.60. The zero-order chi connectivity index (χ0) is 20.1.